The summed E-state index contributed by atoms with van der Waals surface area (Å²) in [5.74, 6) is 1.69. The molecule has 2 fully saturated rings. The van der Waals surface area contributed by atoms with Crippen LogP contribution in [0.25, 0.3) is 0 Å². The Balaban J connectivity index is 1.33. The van der Waals surface area contributed by atoms with Crippen molar-refractivity contribution in [1.29, 1.82) is 0 Å². The number of pyridine rings is 1. The third-order valence-electron chi connectivity index (χ3n) is 5.70. The second-order valence-corrected chi connectivity index (χ2v) is 7.73. The first-order chi connectivity index (χ1) is 14.1. The highest BCUT2D eigenvalue weighted by molar-refractivity contribution is 5.89. The van der Waals surface area contributed by atoms with Gasteiger partial charge in [-0.2, -0.15) is 0 Å². The van der Waals surface area contributed by atoms with Crippen molar-refractivity contribution in [3.8, 4) is 17.4 Å². The van der Waals surface area contributed by atoms with Crippen molar-refractivity contribution in [1.82, 2.24) is 15.2 Å². The van der Waals surface area contributed by atoms with Crippen LogP contribution in [0.2, 0.25) is 0 Å². The van der Waals surface area contributed by atoms with Gasteiger partial charge in [0.05, 0.1) is 19.0 Å². The summed E-state index contributed by atoms with van der Waals surface area (Å²) < 4.78 is 11.2. The van der Waals surface area contributed by atoms with Crippen LogP contribution in [0, 0.1) is 6.92 Å². The van der Waals surface area contributed by atoms with E-state index in [1.807, 2.05) is 25.1 Å². The van der Waals surface area contributed by atoms with E-state index in [-0.39, 0.29) is 12.1 Å². The molecule has 29 heavy (non-hydrogen) atoms. The topological polar surface area (TPSA) is 75.7 Å². The van der Waals surface area contributed by atoms with Crippen molar-refractivity contribution in [2.75, 3.05) is 25.5 Å². The van der Waals surface area contributed by atoms with E-state index in [9.17, 15) is 4.79 Å². The van der Waals surface area contributed by atoms with Gasteiger partial charge in [-0.3, -0.25) is 4.90 Å². The number of anilines is 1. The molecule has 0 radical (unpaired) electrons. The summed E-state index contributed by atoms with van der Waals surface area (Å²) in [6.45, 7) is 4.22. The van der Waals surface area contributed by atoms with E-state index in [0.29, 0.717) is 29.1 Å². The molecule has 2 N–H and O–H groups in total. The Morgan fingerprint density at radius 1 is 1.14 bits per heavy atom. The van der Waals surface area contributed by atoms with Crippen molar-refractivity contribution in [3.05, 3.63) is 42.1 Å². The largest absolute Gasteiger partial charge is 0.493 e. The van der Waals surface area contributed by atoms with E-state index in [1.165, 1.54) is 19.3 Å². The molecule has 0 unspecified atom stereocenters. The summed E-state index contributed by atoms with van der Waals surface area (Å²) in [7, 11) is 1.61. The molecule has 0 spiro atoms. The molecule has 7 heteroatoms. The summed E-state index contributed by atoms with van der Waals surface area (Å²) in [4.78, 5) is 19.2. The number of carbonyl (C=O) groups excluding carboxylic acids is 1. The highest BCUT2D eigenvalue weighted by atomic mass is 16.5. The number of benzene rings is 1. The summed E-state index contributed by atoms with van der Waals surface area (Å²) in [5, 5.41) is 6.01. The zero-order valence-electron chi connectivity index (χ0n) is 17.0. The number of hydrogen-bond acceptors (Lipinski definition) is 5. The minimum absolute atomic E-state index is 0.182. The first kappa shape index (κ1) is 19.5. The second-order valence-electron chi connectivity index (χ2n) is 7.73. The lowest BCUT2D eigenvalue weighted by Crippen LogP contribution is -2.47. The predicted molar refractivity (Wildman–Crippen MR) is 112 cm³/mol. The van der Waals surface area contributed by atoms with Crippen LogP contribution in [0.5, 0.6) is 17.4 Å². The number of ether oxygens (including phenoxy) is 2. The summed E-state index contributed by atoms with van der Waals surface area (Å²) in [5.41, 5.74) is 1.72. The van der Waals surface area contributed by atoms with Crippen LogP contribution in [0.1, 0.15) is 31.2 Å². The number of amides is 2. The lowest BCUT2D eigenvalue weighted by atomic mass is 9.99. The van der Waals surface area contributed by atoms with Gasteiger partial charge in [-0.15, -0.1) is 0 Å². The Morgan fingerprint density at radius 3 is 2.83 bits per heavy atom. The van der Waals surface area contributed by atoms with E-state index in [2.05, 4.69) is 20.5 Å². The summed E-state index contributed by atoms with van der Waals surface area (Å²) >= 11 is 0. The molecular formula is C22H28N4O3. The molecule has 1 aromatic heterocycles. The van der Waals surface area contributed by atoms with Crippen LogP contribution >= 0.6 is 0 Å². The Hall–Kier alpha value is -2.80. The van der Waals surface area contributed by atoms with Gasteiger partial charge in [0.2, 0.25) is 5.88 Å². The Kier molecular flexibility index (Phi) is 5.85. The minimum atomic E-state index is -0.182. The van der Waals surface area contributed by atoms with Crippen molar-refractivity contribution < 1.29 is 14.3 Å². The van der Waals surface area contributed by atoms with Crippen molar-refractivity contribution >= 4 is 11.7 Å². The van der Waals surface area contributed by atoms with E-state index in [0.717, 1.165) is 25.1 Å². The number of piperidine rings is 1. The molecule has 2 atom stereocenters. The summed E-state index contributed by atoms with van der Waals surface area (Å²) in [6.07, 6.45) is 6.29. The normalized spacial score (nSPS) is 21.3. The van der Waals surface area contributed by atoms with Gasteiger partial charge in [0.15, 0.2) is 11.5 Å². The van der Waals surface area contributed by atoms with Crippen LogP contribution in [-0.4, -0.2) is 48.2 Å². The van der Waals surface area contributed by atoms with Gasteiger partial charge in [-0.1, -0.05) is 12.5 Å². The third-order valence-corrected chi connectivity index (χ3v) is 5.70. The molecule has 3 heterocycles. The molecule has 2 aliphatic rings. The number of nitrogens with zero attached hydrogens (tertiary/aromatic N) is 2. The second kappa shape index (κ2) is 8.69. The molecule has 0 bridgehead atoms. The first-order valence-electron chi connectivity index (χ1n) is 10.2. The number of aryl methyl sites for hydroxylation is 1. The number of nitrogens with one attached hydrogen (secondary N) is 2. The van der Waals surface area contributed by atoms with Gasteiger partial charge in [-0.25, -0.2) is 9.78 Å². The molecule has 2 saturated heterocycles. The standard InChI is InChI=1S/C22H28N4O3/c1-15-6-8-19(20(13-15)28-2)29-21-9-7-16(14-23-21)24-22(27)25-17-10-12-26-11-4-3-5-18(17)26/h6-9,13-14,17-18H,3-5,10-12H2,1-2H3,(H2,24,25,27)/t17-,18+/m0/s1. The zero-order valence-corrected chi connectivity index (χ0v) is 17.0. The van der Waals surface area contributed by atoms with Crippen LogP contribution < -0.4 is 20.1 Å². The smallest absolute Gasteiger partial charge is 0.319 e. The highest BCUT2D eigenvalue weighted by Crippen LogP contribution is 2.31. The summed E-state index contributed by atoms with van der Waals surface area (Å²) in [6, 6.07) is 9.75. The maximum absolute atomic E-state index is 12.4. The van der Waals surface area contributed by atoms with Gasteiger partial charge in [0, 0.05) is 24.7 Å². The van der Waals surface area contributed by atoms with Crippen molar-refractivity contribution in [3.63, 3.8) is 0 Å². The molecular weight excluding hydrogens is 368 g/mol. The average molecular weight is 396 g/mol. The fraction of sp³-hybridized carbons (Fsp3) is 0.455. The highest BCUT2D eigenvalue weighted by Gasteiger charge is 2.36. The van der Waals surface area contributed by atoms with Crippen LogP contribution in [0.3, 0.4) is 0 Å². The number of rotatable bonds is 5. The third kappa shape index (κ3) is 4.62. The van der Waals surface area contributed by atoms with Gasteiger partial charge in [0.1, 0.15) is 0 Å². The van der Waals surface area contributed by atoms with Gasteiger partial charge < -0.3 is 20.1 Å². The van der Waals surface area contributed by atoms with Crippen LogP contribution in [0.15, 0.2) is 36.5 Å². The van der Waals surface area contributed by atoms with Crippen LogP contribution in [-0.2, 0) is 0 Å². The van der Waals surface area contributed by atoms with Gasteiger partial charge >= 0.3 is 6.03 Å². The fourth-order valence-corrected chi connectivity index (χ4v) is 4.24. The molecule has 2 aliphatic heterocycles. The SMILES string of the molecule is COc1cc(C)ccc1Oc1ccc(NC(=O)N[C@H]2CCN3CCCC[C@H]23)cn1. The Bertz CT molecular complexity index is 856. The van der Waals surface area contributed by atoms with Crippen LogP contribution in [0.4, 0.5) is 10.5 Å². The number of fused-ring (bicyclic) bond motifs is 1. The van der Waals surface area contributed by atoms with E-state index in [1.54, 1.807) is 25.4 Å². The molecule has 2 aromatic rings. The number of urea groups is 1. The van der Waals surface area contributed by atoms with E-state index in [4.69, 9.17) is 9.47 Å². The quantitative estimate of drug-likeness (QED) is 0.801. The lowest BCUT2D eigenvalue weighted by Gasteiger charge is -2.32. The molecule has 7 nitrogen and oxygen atoms in total. The Morgan fingerprint density at radius 2 is 2.03 bits per heavy atom. The lowest BCUT2D eigenvalue weighted by molar-refractivity contribution is 0.180. The number of carbonyl (C=O) groups is 1. The van der Waals surface area contributed by atoms with E-state index < -0.39 is 0 Å². The molecule has 2 amide bonds. The monoisotopic (exact) mass is 396 g/mol. The minimum Gasteiger partial charge on any atom is -0.493 e. The number of aromatic nitrogens is 1. The van der Waals surface area contributed by atoms with Crippen molar-refractivity contribution in [2.24, 2.45) is 0 Å². The van der Waals surface area contributed by atoms with Gasteiger partial charge in [0.25, 0.3) is 0 Å². The zero-order chi connectivity index (χ0) is 20.2. The Labute approximate surface area is 171 Å². The molecule has 1 aromatic carbocycles. The molecule has 4 rings (SSSR count). The molecule has 154 valence electrons. The maximum atomic E-state index is 12.4. The number of methoxy groups -OCH3 is 1. The predicted octanol–water partition coefficient (Wildman–Crippen LogP) is 3.94. The first-order valence-corrected chi connectivity index (χ1v) is 10.2. The van der Waals surface area contributed by atoms with E-state index >= 15 is 0 Å². The molecule has 0 saturated carbocycles. The van der Waals surface area contributed by atoms with Gasteiger partial charge in [-0.05, 0) is 56.5 Å². The van der Waals surface area contributed by atoms with Crippen molar-refractivity contribution in [2.45, 2.75) is 44.7 Å². The number of hydrogen-bond donors (Lipinski definition) is 2. The maximum Gasteiger partial charge on any atom is 0.319 e. The fourth-order valence-electron chi connectivity index (χ4n) is 4.24. The molecule has 0 aliphatic carbocycles. The average Bonchev–Trinajstić information content (AvgIpc) is 3.13.